The Morgan fingerprint density at radius 2 is 1.90 bits per heavy atom. The maximum absolute atomic E-state index is 13.9. The molecule has 21 heavy (non-hydrogen) atoms. The van der Waals surface area contributed by atoms with Gasteiger partial charge in [-0.3, -0.25) is 4.90 Å². The second-order valence-corrected chi connectivity index (χ2v) is 5.37. The predicted molar refractivity (Wildman–Crippen MR) is 76.5 cm³/mol. The molecule has 0 spiro atoms. The summed E-state index contributed by atoms with van der Waals surface area (Å²) in [6.45, 7) is 5.69. The Kier molecular flexibility index (Phi) is 5.90. The van der Waals surface area contributed by atoms with Gasteiger partial charge < -0.3 is 15.2 Å². The molecule has 0 aliphatic carbocycles. The molecule has 1 unspecified atom stereocenters. The van der Waals surface area contributed by atoms with Crippen LogP contribution in [0.5, 0.6) is 5.75 Å². The number of nitrogens with two attached hydrogens (primary N) is 1. The van der Waals surface area contributed by atoms with Crippen molar-refractivity contribution in [3.05, 3.63) is 29.3 Å². The molecule has 1 aromatic carbocycles. The van der Waals surface area contributed by atoms with Gasteiger partial charge in [0, 0.05) is 25.7 Å². The number of rotatable bonds is 6. The molecule has 1 fully saturated rings. The van der Waals surface area contributed by atoms with Crippen LogP contribution in [0.2, 0.25) is 0 Å². The van der Waals surface area contributed by atoms with Crippen molar-refractivity contribution >= 4 is 0 Å². The van der Waals surface area contributed by atoms with Gasteiger partial charge in [0.15, 0.2) is 17.4 Å². The van der Waals surface area contributed by atoms with E-state index in [-0.39, 0.29) is 18.4 Å². The highest BCUT2D eigenvalue weighted by molar-refractivity contribution is 5.31. The Hall–Kier alpha value is -1.24. The zero-order valence-electron chi connectivity index (χ0n) is 12.3. The predicted octanol–water partition coefficient (Wildman–Crippen LogP) is 1.57. The highest BCUT2D eigenvalue weighted by atomic mass is 19.1. The standard InChI is InChI=1S/C15H22F2N2O2/c1-11(18)8-12-9-13(16)15(14(17)10-12)21-7-4-19-2-5-20-6-3-19/h9-11H,2-8,18H2,1H3. The number of halogens is 2. The summed E-state index contributed by atoms with van der Waals surface area (Å²) in [7, 11) is 0. The van der Waals surface area contributed by atoms with Crippen molar-refractivity contribution in [1.82, 2.24) is 4.90 Å². The SMILES string of the molecule is CC(N)Cc1cc(F)c(OCCN2CCOCC2)c(F)c1. The molecule has 2 N–H and O–H groups in total. The van der Waals surface area contributed by atoms with Gasteiger partial charge in [-0.25, -0.2) is 8.78 Å². The summed E-state index contributed by atoms with van der Waals surface area (Å²) in [5.74, 6) is -1.66. The van der Waals surface area contributed by atoms with Crippen molar-refractivity contribution in [2.45, 2.75) is 19.4 Å². The normalized spacial score (nSPS) is 17.7. The monoisotopic (exact) mass is 300 g/mol. The third kappa shape index (κ3) is 4.91. The van der Waals surface area contributed by atoms with E-state index in [0.717, 1.165) is 13.1 Å². The van der Waals surface area contributed by atoms with Crippen molar-refractivity contribution in [3.63, 3.8) is 0 Å². The van der Waals surface area contributed by atoms with Gasteiger partial charge in [0.05, 0.1) is 13.2 Å². The quantitative estimate of drug-likeness (QED) is 0.866. The van der Waals surface area contributed by atoms with E-state index in [9.17, 15) is 8.78 Å². The van der Waals surface area contributed by atoms with Crippen LogP contribution in [0, 0.1) is 11.6 Å². The van der Waals surface area contributed by atoms with E-state index in [4.69, 9.17) is 15.2 Å². The topological polar surface area (TPSA) is 47.7 Å². The van der Waals surface area contributed by atoms with E-state index in [1.165, 1.54) is 12.1 Å². The fourth-order valence-corrected chi connectivity index (χ4v) is 2.34. The Balaban J connectivity index is 1.90. The number of benzene rings is 1. The van der Waals surface area contributed by atoms with Crippen molar-refractivity contribution in [2.24, 2.45) is 5.73 Å². The molecule has 2 rings (SSSR count). The Bertz CT molecular complexity index is 440. The van der Waals surface area contributed by atoms with Crippen molar-refractivity contribution in [1.29, 1.82) is 0 Å². The van der Waals surface area contributed by atoms with E-state index in [1.54, 1.807) is 6.92 Å². The second kappa shape index (κ2) is 7.68. The zero-order valence-corrected chi connectivity index (χ0v) is 12.3. The van der Waals surface area contributed by atoms with Crippen molar-refractivity contribution in [3.8, 4) is 5.75 Å². The zero-order chi connectivity index (χ0) is 15.2. The third-order valence-electron chi connectivity index (χ3n) is 3.37. The first-order valence-corrected chi connectivity index (χ1v) is 7.22. The first-order valence-electron chi connectivity index (χ1n) is 7.22. The maximum Gasteiger partial charge on any atom is 0.190 e. The van der Waals surface area contributed by atoms with Crippen molar-refractivity contribution < 1.29 is 18.3 Å². The minimum atomic E-state index is -0.673. The summed E-state index contributed by atoms with van der Waals surface area (Å²) in [6.07, 6.45) is 0.432. The number of nitrogens with zero attached hydrogens (tertiary/aromatic N) is 1. The van der Waals surface area contributed by atoms with Gasteiger partial charge in [0.1, 0.15) is 6.61 Å². The molecule has 1 atom stereocenters. The van der Waals surface area contributed by atoms with Crippen molar-refractivity contribution in [2.75, 3.05) is 39.5 Å². The lowest BCUT2D eigenvalue weighted by atomic mass is 10.1. The molecular formula is C15H22F2N2O2. The summed E-state index contributed by atoms with van der Waals surface area (Å²) in [6, 6.07) is 2.43. The van der Waals surface area contributed by atoms with E-state index < -0.39 is 11.6 Å². The maximum atomic E-state index is 13.9. The molecule has 6 heteroatoms. The van der Waals surface area contributed by atoms with Gasteiger partial charge >= 0.3 is 0 Å². The van der Waals surface area contributed by atoms with Crippen LogP contribution in [0.4, 0.5) is 8.78 Å². The third-order valence-corrected chi connectivity index (χ3v) is 3.37. The lowest BCUT2D eigenvalue weighted by molar-refractivity contribution is 0.0318. The van der Waals surface area contributed by atoms with Crippen LogP contribution in [0.15, 0.2) is 12.1 Å². The van der Waals surface area contributed by atoms with Crippen LogP contribution >= 0.6 is 0 Å². The summed E-state index contributed by atoms with van der Waals surface area (Å²) in [5, 5.41) is 0. The molecule has 118 valence electrons. The summed E-state index contributed by atoms with van der Waals surface area (Å²) >= 11 is 0. The van der Waals surface area contributed by atoms with Crippen LogP contribution in [-0.2, 0) is 11.2 Å². The average Bonchev–Trinajstić information content (AvgIpc) is 2.42. The molecule has 1 aliphatic rings. The van der Waals surface area contributed by atoms with Gasteiger partial charge in [0.2, 0.25) is 0 Å². The molecule has 4 nitrogen and oxygen atoms in total. The van der Waals surface area contributed by atoms with Crippen LogP contribution in [-0.4, -0.2) is 50.4 Å². The number of ether oxygens (including phenoxy) is 2. The fraction of sp³-hybridized carbons (Fsp3) is 0.600. The summed E-state index contributed by atoms with van der Waals surface area (Å²) in [4.78, 5) is 2.14. The highest BCUT2D eigenvalue weighted by Gasteiger charge is 2.15. The first-order chi connectivity index (χ1) is 10.1. The molecule has 1 heterocycles. The molecule has 0 amide bonds. The van der Waals surface area contributed by atoms with Gasteiger partial charge in [-0.15, -0.1) is 0 Å². The van der Waals surface area contributed by atoms with Gasteiger partial charge in [-0.2, -0.15) is 0 Å². The highest BCUT2D eigenvalue weighted by Crippen LogP contribution is 2.24. The van der Waals surface area contributed by atoms with Crippen LogP contribution in [0.25, 0.3) is 0 Å². The fourth-order valence-electron chi connectivity index (χ4n) is 2.34. The van der Waals surface area contributed by atoms with E-state index >= 15 is 0 Å². The van der Waals surface area contributed by atoms with Gasteiger partial charge in [0.25, 0.3) is 0 Å². The lowest BCUT2D eigenvalue weighted by Gasteiger charge is -2.26. The number of morpholine rings is 1. The van der Waals surface area contributed by atoms with E-state index in [2.05, 4.69) is 4.90 Å². The Morgan fingerprint density at radius 1 is 1.29 bits per heavy atom. The van der Waals surface area contributed by atoms with Crippen LogP contribution in [0.1, 0.15) is 12.5 Å². The lowest BCUT2D eigenvalue weighted by Crippen LogP contribution is -2.38. The molecular weight excluding hydrogens is 278 g/mol. The molecule has 1 saturated heterocycles. The Labute approximate surface area is 123 Å². The second-order valence-electron chi connectivity index (χ2n) is 5.37. The first kappa shape index (κ1) is 16.1. The number of hydrogen-bond acceptors (Lipinski definition) is 4. The molecule has 1 aromatic rings. The molecule has 0 bridgehead atoms. The van der Waals surface area contributed by atoms with Gasteiger partial charge in [-0.1, -0.05) is 0 Å². The van der Waals surface area contributed by atoms with Gasteiger partial charge in [-0.05, 0) is 31.0 Å². The molecule has 1 aliphatic heterocycles. The summed E-state index contributed by atoms with van der Waals surface area (Å²) < 4.78 is 38.3. The molecule has 0 radical (unpaired) electrons. The average molecular weight is 300 g/mol. The Morgan fingerprint density at radius 3 is 2.48 bits per heavy atom. The summed E-state index contributed by atoms with van der Waals surface area (Å²) in [5.41, 5.74) is 6.18. The number of hydrogen-bond donors (Lipinski definition) is 1. The van der Waals surface area contributed by atoms with E-state index in [1.807, 2.05) is 0 Å². The molecule has 0 aromatic heterocycles. The minimum Gasteiger partial charge on any atom is -0.486 e. The van der Waals surface area contributed by atoms with Crippen LogP contribution in [0.3, 0.4) is 0 Å². The smallest absolute Gasteiger partial charge is 0.190 e. The minimum absolute atomic E-state index is 0.142. The van der Waals surface area contributed by atoms with Crippen LogP contribution < -0.4 is 10.5 Å². The molecule has 0 saturated carbocycles. The largest absolute Gasteiger partial charge is 0.486 e. The van der Waals surface area contributed by atoms with E-state index in [0.29, 0.717) is 31.7 Å².